The number of hydrogen-bond acceptors (Lipinski definition) is 1. The van der Waals surface area contributed by atoms with Crippen molar-refractivity contribution < 1.29 is 0 Å². The first-order valence-electron chi connectivity index (χ1n) is 19.3. The van der Waals surface area contributed by atoms with Gasteiger partial charge in [0.25, 0.3) is 0 Å². The monoisotopic (exact) mass is 712 g/mol. The van der Waals surface area contributed by atoms with E-state index in [1.54, 1.807) is 0 Å². The minimum Gasteiger partial charge on any atom is -0.310 e. The smallest absolute Gasteiger partial charge is 0.0547 e. The van der Waals surface area contributed by atoms with Crippen LogP contribution in [-0.2, 0) is 0 Å². The molecule has 1 aromatic heterocycles. The molecule has 0 fully saturated rings. The number of aromatic nitrogens is 1. The van der Waals surface area contributed by atoms with Gasteiger partial charge in [-0.1, -0.05) is 146 Å². The number of fused-ring (bicyclic) bond motifs is 6. The molecule has 1 heterocycles. The fraction of sp³-hybridized carbons (Fsp3) is 0. The van der Waals surface area contributed by atoms with Crippen LogP contribution in [0, 0.1) is 0 Å². The molecule has 0 bridgehead atoms. The number of benzene rings is 10. The van der Waals surface area contributed by atoms with E-state index in [9.17, 15) is 0 Å². The van der Waals surface area contributed by atoms with Gasteiger partial charge < -0.3 is 9.47 Å². The SMILES string of the molecule is c1ccc(-n2c3cc4ccccc4cc3c3c(-c4cccc(N(c5ccc(-c6ccc7ccccc7c6)cc5)c5ccc6ccccc6c5)c4)cccc32)cc1. The lowest BCUT2D eigenvalue weighted by atomic mass is 9.97. The molecule has 0 aliphatic rings. The maximum Gasteiger partial charge on any atom is 0.0547 e. The third-order valence-electron chi connectivity index (χ3n) is 11.3. The molecule has 10 aromatic carbocycles. The average Bonchev–Trinajstić information content (AvgIpc) is 3.59. The van der Waals surface area contributed by atoms with Gasteiger partial charge in [-0.15, -0.1) is 0 Å². The third kappa shape index (κ3) is 5.42. The molecule has 0 radical (unpaired) electrons. The molecule has 0 amide bonds. The quantitative estimate of drug-likeness (QED) is 0.167. The summed E-state index contributed by atoms with van der Waals surface area (Å²) in [5.41, 5.74) is 11.7. The second-order valence-electron chi connectivity index (χ2n) is 14.6. The van der Waals surface area contributed by atoms with Gasteiger partial charge in [-0.2, -0.15) is 0 Å². The molecule has 11 aromatic rings. The number of hydrogen-bond donors (Lipinski definition) is 0. The number of nitrogens with zero attached hydrogens (tertiary/aromatic N) is 2. The lowest BCUT2D eigenvalue weighted by Gasteiger charge is -2.26. The van der Waals surface area contributed by atoms with E-state index >= 15 is 0 Å². The van der Waals surface area contributed by atoms with Crippen LogP contribution in [0.1, 0.15) is 0 Å². The van der Waals surface area contributed by atoms with Gasteiger partial charge in [0.2, 0.25) is 0 Å². The lowest BCUT2D eigenvalue weighted by Crippen LogP contribution is -2.10. The molecule has 2 heteroatoms. The minimum absolute atomic E-state index is 1.10. The highest BCUT2D eigenvalue weighted by Crippen LogP contribution is 2.43. The summed E-state index contributed by atoms with van der Waals surface area (Å²) < 4.78 is 2.42. The summed E-state index contributed by atoms with van der Waals surface area (Å²) in [6.07, 6.45) is 0. The van der Waals surface area contributed by atoms with Crippen molar-refractivity contribution in [3.63, 3.8) is 0 Å². The van der Waals surface area contributed by atoms with E-state index in [2.05, 4.69) is 228 Å². The highest BCUT2D eigenvalue weighted by molar-refractivity contribution is 6.18. The molecular formula is C54H36N2. The minimum atomic E-state index is 1.10. The second kappa shape index (κ2) is 13.2. The first-order chi connectivity index (χ1) is 27.7. The predicted molar refractivity (Wildman–Crippen MR) is 239 cm³/mol. The summed E-state index contributed by atoms with van der Waals surface area (Å²) in [5, 5.41) is 9.93. The predicted octanol–water partition coefficient (Wildman–Crippen LogP) is 15.0. The maximum absolute atomic E-state index is 2.42. The lowest BCUT2D eigenvalue weighted by molar-refractivity contribution is 1.18. The number of anilines is 3. The van der Waals surface area contributed by atoms with E-state index in [0.717, 1.165) is 22.7 Å². The van der Waals surface area contributed by atoms with Crippen LogP contribution in [0.5, 0.6) is 0 Å². The van der Waals surface area contributed by atoms with Crippen molar-refractivity contribution in [2.24, 2.45) is 0 Å². The second-order valence-corrected chi connectivity index (χ2v) is 14.6. The van der Waals surface area contributed by atoms with Gasteiger partial charge in [-0.25, -0.2) is 0 Å². The van der Waals surface area contributed by atoms with Crippen molar-refractivity contribution in [3.8, 4) is 27.9 Å². The maximum atomic E-state index is 2.42. The Morgan fingerprint density at radius 2 is 0.875 bits per heavy atom. The summed E-state index contributed by atoms with van der Waals surface area (Å²) >= 11 is 0. The van der Waals surface area contributed by atoms with Crippen molar-refractivity contribution in [2.75, 3.05) is 4.90 Å². The first-order valence-corrected chi connectivity index (χ1v) is 19.3. The van der Waals surface area contributed by atoms with E-state index in [-0.39, 0.29) is 0 Å². The van der Waals surface area contributed by atoms with Crippen LogP contribution in [0.4, 0.5) is 17.1 Å². The molecule has 0 spiro atoms. The Morgan fingerprint density at radius 1 is 0.304 bits per heavy atom. The molecule has 2 nitrogen and oxygen atoms in total. The fourth-order valence-electron chi connectivity index (χ4n) is 8.60. The van der Waals surface area contributed by atoms with Gasteiger partial charge in [0.15, 0.2) is 0 Å². The Bertz CT molecular complexity index is 3250. The van der Waals surface area contributed by atoms with Crippen LogP contribution in [0.25, 0.3) is 82.1 Å². The standard InChI is InChI=1S/C54H36N2/c1-2-19-46(20-3-1)56-52-23-11-22-50(54(52)51-35-42-16-8-9-17-43(42)36-53(51)56)45-18-10-21-48(34-45)55(49-31-28-38-13-5-7-15-41(38)33-49)47-29-26-39(27-30-47)44-25-24-37-12-4-6-14-40(37)32-44/h1-36H. The summed E-state index contributed by atoms with van der Waals surface area (Å²) in [6.45, 7) is 0. The van der Waals surface area contributed by atoms with E-state index in [1.165, 1.54) is 76.4 Å². The Balaban J connectivity index is 1.09. The molecule has 0 saturated heterocycles. The Morgan fingerprint density at radius 3 is 1.62 bits per heavy atom. The van der Waals surface area contributed by atoms with E-state index in [1.807, 2.05) is 0 Å². The summed E-state index contributed by atoms with van der Waals surface area (Å²) in [5.74, 6) is 0. The molecule has 56 heavy (non-hydrogen) atoms. The third-order valence-corrected chi connectivity index (χ3v) is 11.3. The first kappa shape index (κ1) is 32.0. The average molecular weight is 713 g/mol. The normalized spacial score (nSPS) is 11.6. The summed E-state index contributed by atoms with van der Waals surface area (Å²) in [4.78, 5) is 2.39. The highest BCUT2D eigenvalue weighted by atomic mass is 15.1. The largest absolute Gasteiger partial charge is 0.310 e. The van der Waals surface area contributed by atoms with Crippen LogP contribution in [0.3, 0.4) is 0 Å². The van der Waals surface area contributed by atoms with Crippen molar-refractivity contribution in [1.82, 2.24) is 4.57 Å². The van der Waals surface area contributed by atoms with Crippen LogP contribution in [0.15, 0.2) is 218 Å². The van der Waals surface area contributed by atoms with Crippen LogP contribution in [0.2, 0.25) is 0 Å². The van der Waals surface area contributed by atoms with Gasteiger partial charge in [0.1, 0.15) is 0 Å². The highest BCUT2D eigenvalue weighted by Gasteiger charge is 2.19. The molecule has 0 unspecified atom stereocenters. The molecule has 0 N–H and O–H groups in total. The topological polar surface area (TPSA) is 8.17 Å². The van der Waals surface area contributed by atoms with Crippen molar-refractivity contribution in [3.05, 3.63) is 218 Å². The molecule has 0 saturated carbocycles. The van der Waals surface area contributed by atoms with Crippen LogP contribution < -0.4 is 4.90 Å². The van der Waals surface area contributed by atoms with Crippen molar-refractivity contribution in [2.45, 2.75) is 0 Å². The van der Waals surface area contributed by atoms with Gasteiger partial charge in [-0.3, -0.25) is 0 Å². The number of rotatable bonds is 6. The molecule has 0 atom stereocenters. The summed E-state index contributed by atoms with van der Waals surface area (Å²) in [7, 11) is 0. The van der Waals surface area contributed by atoms with E-state index in [4.69, 9.17) is 0 Å². The van der Waals surface area contributed by atoms with E-state index < -0.39 is 0 Å². The molecule has 11 rings (SSSR count). The zero-order valence-corrected chi connectivity index (χ0v) is 30.7. The summed E-state index contributed by atoms with van der Waals surface area (Å²) in [6, 6.07) is 79.6. The van der Waals surface area contributed by atoms with Gasteiger partial charge in [0, 0.05) is 33.5 Å². The molecule has 0 aliphatic heterocycles. The van der Waals surface area contributed by atoms with Crippen LogP contribution >= 0.6 is 0 Å². The molecular weight excluding hydrogens is 677 g/mol. The Kier molecular flexibility index (Phi) is 7.53. The van der Waals surface area contributed by atoms with E-state index in [0.29, 0.717) is 0 Å². The van der Waals surface area contributed by atoms with Gasteiger partial charge in [-0.05, 0) is 127 Å². The zero-order chi connectivity index (χ0) is 37.0. The fourth-order valence-corrected chi connectivity index (χ4v) is 8.60. The Labute approximate surface area is 325 Å². The van der Waals surface area contributed by atoms with Crippen LogP contribution in [-0.4, -0.2) is 4.57 Å². The Hall–Kier alpha value is -7.42. The molecule has 262 valence electrons. The van der Waals surface area contributed by atoms with Gasteiger partial charge >= 0.3 is 0 Å². The number of para-hydroxylation sites is 1. The van der Waals surface area contributed by atoms with Gasteiger partial charge in [0.05, 0.1) is 11.0 Å². The van der Waals surface area contributed by atoms with Crippen molar-refractivity contribution in [1.29, 1.82) is 0 Å². The van der Waals surface area contributed by atoms with Crippen molar-refractivity contribution >= 4 is 71.2 Å². The zero-order valence-electron chi connectivity index (χ0n) is 30.7. The molecule has 0 aliphatic carbocycles.